The molecule has 1 aromatic heterocycles. The van der Waals surface area contributed by atoms with Crippen molar-refractivity contribution in [3.8, 4) is 0 Å². The van der Waals surface area contributed by atoms with Gasteiger partial charge < -0.3 is 10.1 Å². The molecule has 98 valence electrons. The van der Waals surface area contributed by atoms with E-state index >= 15 is 0 Å². The lowest BCUT2D eigenvalue weighted by Gasteiger charge is -2.11. The molecule has 0 aliphatic heterocycles. The van der Waals surface area contributed by atoms with E-state index in [0.29, 0.717) is 6.04 Å². The van der Waals surface area contributed by atoms with Crippen LogP contribution in [-0.4, -0.2) is 24.7 Å². The largest absolute Gasteiger partial charge is 0.381 e. The van der Waals surface area contributed by atoms with Gasteiger partial charge in [0.25, 0.3) is 0 Å². The summed E-state index contributed by atoms with van der Waals surface area (Å²) in [6.07, 6.45) is 3.44. The molecule has 0 aliphatic rings. The number of ether oxygens (including phenoxy) is 1. The Kier molecular flexibility index (Phi) is 7.40. The van der Waals surface area contributed by atoms with E-state index in [2.05, 4.69) is 29.5 Å². The molecule has 0 radical (unpaired) electrons. The summed E-state index contributed by atoms with van der Waals surface area (Å²) in [5.74, 6) is 0. The molecule has 0 saturated heterocycles. The van der Waals surface area contributed by atoms with Gasteiger partial charge in [0.05, 0.1) is 10.7 Å². The molecule has 17 heavy (non-hydrogen) atoms. The molecule has 0 aromatic carbocycles. The van der Waals surface area contributed by atoms with E-state index < -0.39 is 0 Å². The van der Waals surface area contributed by atoms with Crippen LogP contribution in [0.5, 0.6) is 0 Å². The molecule has 1 N–H and O–H groups in total. The normalized spacial score (nSPS) is 12.9. The van der Waals surface area contributed by atoms with Crippen molar-refractivity contribution < 1.29 is 4.74 Å². The second-order valence-corrected chi connectivity index (χ2v) is 5.35. The molecule has 0 saturated carbocycles. The highest BCUT2D eigenvalue weighted by Gasteiger charge is 2.07. The summed E-state index contributed by atoms with van der Waals surface area (Å²) in [5, 5.41) is 6.73. The number of nitrogens with one attached hydrogen (secondary N) is 1. The second kappa shape index (κ2) is 8.61. The van der Waals surface area contributed by atoms with Crippen molar-refractivity contribution in [3.05, 3.63) is 16.1 Å². The van der Waals surface area contributed by atoms with Crippen LogP contribution in [0.15, 0.2) is 5.38 Å². The van der Waals surface area contributed by atoms with Gasteiger partial charge in [-0.3, -0.25) is 0 Å². The Labute approximate surface area is 109 Å². The molecular formula is C13H24N2OS. The second-order valence-electron chi connectivity index (χ2n) is 4.29. The van der Waals surface area contributed by atoms with E-state index in [9.17, 15) is 0 Å². The molecular weight excluding hydrogens is 232 g/mol. The average Bonchev–Trinajstić information content (AvgIpc) is 2.74. The zero-order valence-electron chi connectivity index (χ0n) is 11.2. The van der Waals surface area contributed by atoms with Crippen LogP contribution in [0.4, 0.5) is 0 Å². The number of hydrogen-bond acceptors (Lipinski definition) is 4. The minimum atomic E-state index is 0.343. The Morgan fingerprint density at radius 3 is 2.82 bits per heavy atom. The van der Waals surface area contributed by atoms with Gasteiger partial charge in [0.2, 0.25) is 0 Å². The summed E-state index contributed by atoms with van der Waals surface area (Å²) in [5.41, 5.74) is 1.15. The lowest BCUT2D eigenvalue weighted by Crippen LogP contribution is -2.21. The molecule has 0 bridgehead atoms. The molecule has 0 fully saturated rings. The smallest absolute Gasteiger partial charge is 0.0898 e. The molecule has 1 unspecified atom stereocenters. The molecule has 1 aromatic rings. The Hall–Kier alpha value is -0.450. The third-order valence-electron chi connectivity index (χ3n) is 2.64. The molecule has 0 amide bonds. The first-order valence-electron chi connectivity index (χ1n) is 6.47. The maximum Gasteiger partial charge on any atom is 0.0898 e. The SMILES string of the molecule is CCCCOCCCNC(C)c1csc(C)n1. The van der Waals surface area contributed by atoms with Crippen LogP contribution in [0.25, 0.3) is 0 Å². The fourth-order valence-electron chi connectivity index (χ4n) is 1.52. The third kappa shape index (κ3) is 6.15. The summed E-state index contributed by atoms with van der Waals surface area (Å²) in [6.45, 7) is 9.13. The maximum atomic E-state index is 5.51. The Bertz CT molecular complexity index is 301. The summed E-state index contributed by atoms with van der Waals surface area (Å²) >= 11 is 1.71. The van der Waals surface area contributed by atoms with E-state index in [1.165, 1.54) is 12.8 Å². The van der Waals surface area contributed by atoms with Crippen molar-refractivity contribution in [1.29, 1.82) is 0 Å². The van der Waals surface area contributed by atoms with Gasteiger partial charge in [0.1, 0.15) is 0 Å². The Morgan fingerprint density at radius 2 is 2.18 bits per heavy atom. The highest BCUT2D eigenvalue weighted by atomic mass is 32.1. The third-order valence-corrected chi connectivity index (χ3v) is 3.43. The monoisotopic (exact) mass is 256 g/mol. The van der Waals surface area contributed by atoms with Gasteiger partial charge in [-0.1, -0.05) is 13.3 Å². The van der Waals surface area contributed by atoms with Crippen LogP contribution in [0.1, 0.15) is 49.9 Å². The van der Waals surface area contributed by atoms with Gasteiger partial charge >= 0.3 is 0 Å². The van der Waals surface area contributed by atoms with Crippen LogP contribution in [0.3, 0.4) is 0 Å². The lowest BCUT2D eigenvalue weighted by molar-refractivity contribution is 0.128. The van der Waals surface area contributed by atoms with Gasteiger partial charge in [0.15, 0.2) is 0 Å². The first-order valence-corrected chi connectivity index (χ1v) is 7.35. The number of rotatable bonds is 9. The van der Waals surface area contributed by atoms with Crippen molar-refractivity contribution in [2.24, 2.45) is 0 Å². The zero-order valence-corrected chi connectivity index (χ0v) is 12.0. The summed E-state index contributed by atoms with van der Waals surface area (Å²) in [7, 11) is 0. The summed E-state index contributed by atoms with van der Waals surface area (Å²) in [4.78, 5) is 4.47. The molecule has 1 heterocycles. The van der Waals surface area contributed by atoms with Crippen LogP contribution >= 0.6 is 11.3 Å². The highest BCUT2D eigenvalue weighted by Crippen LogP contribution is 2.15. The molecule has 1 atom stereocenters. The van der Waals surface area contributed by atoms with Gasteiger partial charge in [-0.05, 0) is 33.2 Å². The van der Waals surface area contributed by atoms with E-state index in [-0.39, 0.29) is 0 Å². The summed E-state index contributed by atoms with van der Waals surface area (Å²) < 4.78 is 5.51. The standard InChI is InChI=1S/C13H24N2OS/c1-4-5-8-16-9-6-7-14-11(2)13-10-17-12(3)15-13/h10-11,14H,4-9H2,1-3H3. The lowest BCUT2D eigenvalue weighted by atomic mass is 10.2. The zero-order chi connectivity index (χ0) is 12.5. The van der Waals surface area contributed by atoms with Crippen molar-refractivity contribution in [3.63, 3.8) is 0 Å². The topological polar surface area (TPSA) is 34.1 Å². The van der Waals surface area contributed by atoms with Gasteiger partial charge in [0, 0.05) is 24.6 Å². The predicted molar refractivity (Wildman–Crippen MR) is 73.6 cm³/mol. The van der Waals surface area contributed by atoms with Gasteiger partial charge in [-0.25, -0.2) is 4.98 Å². The molecule has 0 spiro atoms. The molecule has 1 rings (SSSR count). The van der Waals surface area contributed by atoms with Gasteiger partial charge in [-0.2, -0.15) is 0 Å². The van der Waals surface area contributed by atoms with E-state index in [4.69, 9.17) is 4.74 Å². The average molecular weight is 256 g/mol. The number of unbranched alkanes of at least 4 members (excludes halogenated alkanes) is 1. The van der Waals surface area contributed by atoms with Crippen molar-refractivity contribution in [1.82, 2.24) is 10.3 Å². The molecule has 4 heteroatoms. The number of aryl methyl sites for hydroxylation is 1. The fraction of sp³-hybridized carbons (Fsp3) is 0.769. The highest BCUT2D eigenvalue weighted by molar-refractivity contribution is 7.09. The number of aromatic nitrogens is 1. The Balaban J connectivity index is 2.03. The molecule has 3 nitrogen and oxygen atoms in total. The Morgan fingerprint density at radius 1 is 1.41 bits per heavy atom. The van der Waals surface area contributed by atoms with Crippen molar-refractivity contribution >= 4 is 11.3 Å². The van der Waals surface area contributed by atoms with Gasteiger partial charge in [-0.15, -0.1) is 11.3 Å². The first-order chi connectivity index (χ1) is 8.24. The minimum absolute atomic E-state index is 0.343. The minimum Gasteiger partial charge on any atom is -0.381 e. The van der Waals surface area contributed by atoms with E-state index in [1.54, 1.807) is 11.3 Å². The predicted octanol–water partition coefficient (Wildman–Crippen LogP) is 3.31. The fourth-order valence-corrected chi connectivity index (χ4v) is 2.23. The number of thiazole rings is 1. The van der Waals surface area contributed by atoms with Crippen molar-refractivity contribution in [2.45, 2.75) is 46.1 Å². The summed E-state index contributed by atoms with van der Waals surface area (Å²) in [6, 6.07) is 0.343. The van der Waals surface area contributed by atoms with E-state index in [1.807, 2.05) is 6.92 Å². The quantitative estimate of drug-likeness (QED) is 0.688. The van der Waals surface area contributed by atoms with E-state index in [0.717, 1.165) is 36.9 Å². The van der Waals surface area contributed by atoms with Crippen LogP contribution in [-0.2, 0) is 4.74 Å². The number of hydrogen-bond donors (Lipinski definition) is 1. The molecule has 0 aliphatic carbocycles. The van der Waals surface area contributed by atoms with Crippen LogP contribution < -0.4 is 5.32 Å². The maximum absolute atomic E-state index is 5.51. The first kappa shape index (κ1) is 14.6. The van der Waals surface area contributed by atoms with Crippen molar-refractivity contribution in [2.75, 3.05) is 19.8 Å². The van der Waals surface area contributed by atoms with Crippen LogP contribution in [0.2, 0.25) is 0 Å². The van der Waals surface area contributed by atoms with Crippen LogP contribution in [0, 0.1) is 6.92 Å². The number of nitrogens with zero attached hydrogens (tertiary/aromatic N) is 1.